The molecule has 2 aromatic rings. The summed E-state index contributed by atoms with van der Waals surface area (Å²) in [5.74, 6) is -1.44. The Morgan fingerprint density at radius 3 is 2.16 bits per heavy atom. The second kappa shape index (κ2) is 11.1. The van der Waals surface area contributed by atoms with Crippen LogP contribution in [0.5, 0.6) is 0 Å². The molecule has 8 heteroatoms. The molecule has 2 aromatic carbocycles. The Balaban J connectivity index is 1.35. The summed E-state index contributed by atoms with van der Waals surface area (Å²) in [5, 5.41) is 0. The third-order valence-corrected chi connectivity index (χ3v) is 5.18. The van der Waals surface area contributed by atoms with Crippen molar-refractivity contribution in [3.63, 3.8) is 0 Å². The van der Waals surface area contributed by atoms with Gasteiger partial charge >= 0.3 is 12.1 Å². The van der Waals surface area contributed by atoms with E-state index in [0.29, 0.717) is 32.4 Å². The molecule has 0 spiro atoms. The molecule has 3 N–H and O–H groups in total. The lowest BCUT2D eigenvalue weighted by Gasteiger charge is -2.30. The highest BCUT2D eigenvalue weighted by Crippen LogP contribution is 2.18. The van der Waals surface area contributed by atoms with Crippen LogP contribution < -0.4 is 11.2 Å². The van der Waals surface area contributed by atoms with Crippen LogP contribution in [0.25, 0.3) is 0 Å². The van der Waals surface area contributed by atoms with E-state index in [2.05, 4.69) is 5.48 Å². The van der Waals surface area contributed by atoms with Gasteiger partial charge in [-0.2, -0.15) is 5.48 Å². The van der Waals surface area contributed by atoms with Crippen molar-refractivity contribution in [3.05, 3.63) is 71.8 Å². The first kappa shape index (κ1) is 22.3. The first-order valence-electron chi connectivity index (χ1n) is 10.3. The van der Waals surface area contributed by atoms with Gasteiger partial charge in [-0.1, -0.05) is 60.7 Å². The number of nitrogens with two attached hydrogens (primary N) is 1. The number of piperidine rings is 1. The molecular formula is C23H27N3O5. The molecule has 8 nitrogen and oxygen atoms in total. The monoisotopic (exact) mass is 425 g/mol. The van der Waals surface area contributed by atoms with E-state index in [-0.39, 0.29) is 12.5 Å². The molecule has 0 aliphatic carbocycles. The van der Waals surface area contributed by atoms with Gasteiger partial charge in [-0.15, -0.1) is 0 Å². The topological polar surface area (TPSA) is 111 Å². The van der Waals surface area contributed by atoms with E-state index in [0.717, 1.165) is 11.1 Å². The predicted octanol–water partition coefficient (Wildman–Crippen LogP) is 2.18. The van der Waals surface area contributed by atoms with Gasteiger partial charge in [0.15, 0.2) is 0 Å². The molecule has 0 radical (unpaired) electrons. The van der Waals surface area contributed by atoms with Crippen molar-refractivity contribution in [1.82, 2.24) is 10.4 Å². The number of ether oxygens (including phenoxy) is 1. The number of carbonyl (C=O) groups excluding carboxylic acids is 3. The van der Waals surface area contributed by atoms with Crippen molar-refractivity contribution in [1.29, 1.82) is 0 Å². The zero-order chi connectivity index (χ0) is 22.1. The lowest BCUT2D eigenvalue weighted by atomic mass is 9.96. The van der Waals surface area contributed by atoms with E-state index in [1.165, 1.54) is 0 Å². The normalized spacial score (nSPS) is 15.1. The number of hydrogen-bond donors (Lipinski definition) is 2. The zero-order valence-corrected chi connectivity index (χ0v) is 17.2. The Kier molecular flexibility index (Phi) is 8.00. The first-order chi connectivity index (χ1) is 15.0. The number of hydroxylamine groups is 1. The van der Waals surface area contributed by atoms with Gasteiger partial charge < -0.3 is 20.2 Å². The summed E-state index contributed by atoms with van der Waals surface area (Å²) in [6.45, 7) is 1.000. The Labute approximate surface area is 181 Å². The Bertz CT molecular complexity index is 867. The van der Waals surface area contributed by atoms with Crippen LogP contribution in [0.15, 0.2) is 60.7 Å². The number of amides is 2. The van der Waals surface area contributed by atoms with Gasteiger partial charge in [-0.3, -0.25) is 4.79 Å². The summed E-state index contributed by atoms with van der Waals surface area (Å²) >= 11 is 0. The van der Waals surface area contributed by atoms with Crippen molar-refractivity contribution in [2.75, 3.05) is 13.1 Å². The maximum atomic E-state index is 12.3. The molecule has 0 bridgehead atoms. The number of carbonyl (C=O) groups is 3. The number of rotatable bonds is 6. The molecule has 3 rings (SSSR count). The maximum Gasteiger partial charge on any atom is 0.410 e. The first-order valence-corrected chi connectivity index (χ1v) is 10.3. The summed E-state index contributed by atoms with van der Waals surface area (Å²) < 4.78 is 5.32. The zero-order valence-electron chi connectivity index (χ0n) is 17.2. The van der Waals surface area contributed by atoms with Crippen LogP contribution in [0.4, 0.5) is 4.79 Å². The maximum absolute atomic E-state index is 12.3. The van der Waals surface area contributed by atoms with E-state index < -0.39 is 24.0 Å². The summed E-state index contributed by atoms with van der Waals surface area (Å²) in [5.41, 5.74) is 9.88. The molecule has 0 unspecified atom stereocenters. The third kappa shape index (κ3) is 6.82. The van der Waals surface area contributed by atoms with Gasteiger partial charge in [0, 0.05) is 19.0 Å². The van der Waals surface area contributed by atoms with Crippen LogP contribution >= 0.6 is 0 Å². The van der Waals surface area contributed by atoms with Crippen LogP contribution in [0.1, 0.15) is 24.0 Å². The Morgan fingerprint density at radius 1 is 0.968 bits per heavy atom. The molecular weight excluding hydrogens is 398 g/mol. The molecule has 0 aromatic heterocycles. The van der Waals surface area contributed by atoms with E-state index >= 15 is 0 Å². The summed E-state index contributed by atoms with van der Waals surface area (Å²) in [6.07, 6.45) is 0.833. The SMILES string of the molecule is N[C@@H](Cc1ccccc1)C(=O)ONC(=O)C1CCN(C(=O)OCc2ccccc2)CC1. The van der Waals surface area contributed by atoms with Gasteiger partial charge in [0.2, 0.25) is 0 Å². The summed E-state index contributed by atoms with van der Waals surface area (Å²) in [6, 6.07) is 17.9. The minimum Gasteiger partial charge on any atom is -0.445 e. The third-order valence-electron chi connectivity index (χ3n) is 5.18. The molecule has 1 aliphatic rings. The van der Waals surface area contributed by atoms with Crippen LogP contribution in [-0.2, 0) is 32.2 Å². The van der Waals surface area contributed by atoms with Crippen LogP contribution in [0.2, 0.25) is 0 Å². The average Bonchev–Trinajstić information content (AvgIpc) is 2.82. The molecule has 1 fully saturated rings. The van der Waals surface area contributed by atoms with Gasteiger partial charge in [-0.25, -0.2) is 9.59 Å². The van der Waals surface area contributed by atoms with Gasteiger partial charge in [0.05, 0.1) is 0 Å². The fourth-order valence-electron chi connectivity index (χ4n) is 3.35. The van der Waals surface area contributed by atoms with E-state index in [9.17, 15) is 14.4 Å². The van der Waals surface area contributed by atoms with Gasteiger partial charge in [-0.05, 0) is 30.4 Å². The quantitative estimate of drug-likeness (QED) is 0.687. The smallest absolute Gasteiger partial charge is 0.410 e. The predicted molar refractivity (Wildman–Crippen MR) is 113 cm³/mol. The van der Waals surface area contributed by atoms with E-state index in [1.54, 1.807) is 4.90 Å². The van der Waals surface area contributed by atoms with Crippen molar-refractivity contribution < 1.29 is 24.0 Å². The number of likely N-dealkylation sites (tertiary alicyclic amines) is 1. The highest BCUT2D eigenvalue weighted by Gasteiger charge is 2.29. The number of hydrogen-bond acceptors (Lipinski definition) is 6. The van der Waals surface area contributed by atoms with Crippen molar-refractivity contribution >= 4 is 18.0 Å². The summed E-state index contributed by atoms with van der Waals surface area (Å²) in [7, 11) is 0. The molecule has 2 amide bonds. The van der Waals surface area contributed by atoms with Crippen LogP contribution in [0.3, 0.4) is 0 Å². The highest BCUT2D eigenvalue weighted by atomic mass is 16.7. The molecule has 1 heterocycles. The van der Waals surface area contributed by atoms with E-state index in [1.807, 2.05) is 60.7 Å². The summed E-state index contributed by atoms with van der Waals surface area (Å²) in [4.78, 5) is 43.0. The second-order valence-electron chi connectivity index (χ2n) is 7.49. The van der Waals surface area contributed by atoms with Crippen LogP contribution in [0, 0.1) is 5.92 Å². The van der Waals surface area contributed by atoms with Gasteiger partial charge in [0.25, 0.3) is 5.91 Å². The minimum atomic E-state index is -0.871. The molecule has 164 valence electrons. The number of benzene rings is 2. The van der Waals surface area contributed by atoms with Gasteiger partial charge in [0.1, 0.15) is 12.6 Å². The minimum absolute atomic E-state index is 0.208. The van der Waals surface area contributed by atoms with Crippen LogP contribution in [-0.4, -0.2) is 42.0 Å². The molecule has 1 aliphatic heterocycles. The molecule has 1 saturated heterocycles. The second-order valence-corrected chi connectivity index (χ2v) is 7.49. The standard InChI is InChI=1S/C23H27N3O5/c24-20(15-17-7-3-1-4-8-17)22(28)31-25-21(27)19-11-13-26(14-12-19)23(29)30-16-18-9-5-2-6-10-18/h1-10,19-20H,11-16,24H2,(H,25,27)/t20-/m0/s1. The largest absolute Gasteiger partial charge is 0.445 e. The van der Waals surface area contributed by atoms with Crippen molar-refractivity contribution in [3.8, 4) is 0 Å². The Morgan fingerprint density at radius 2 is 1.55 bits per heavy atom. The number of nitrogens with zero attached hydrogens (tertiary/aromatic N) is 1. The molecule has 1 atom stereocenters. The number of nitrogens with one attached hydrogen (secondary N) is 1. The van der Waals surface area contributed by atoms with Crippen molar-refractivity contribution in [2.45, 2.75) is 31.9 Å². The van der Waals surface area contributed by atoms with Crippen molar-refractivity contribution in [2.24, 2.45) is 11.7 Å². The fraction of sp³-hybridized carbons (Fsp3) is 0.348. The molecule has 31 heavy (non-hydrogen) atoms. The molecule has 0 saturated carbocycles. The lowest BCUT2D eigenvalue weighted by Crippen LogP contribution is -2.45. The Hall–Kier alpha value is -3.39. The lowest BCUT2D eigenvalue weighted by molar-refractivity contribution is -0.161. The fourth-order valence-corrected chi connectivity index (χ4v) is 3.35. The van der Waals surface area contributed by atoms with E-state index in [4.69, 9.17) is 15.3 Å². The highest BCUT2D eigenvalue weighted by molar-refractivity contribution is 5.82. The average molecular weight is 425 g/mol.